The van der Waals surface area contributed by atoms with Crippen LogP contribution in [0.1, 0.15) is 88.9 Å². The van der Waals surface area contributed by atoms with Crippen molar-refractivity contribution in [3.05, 3.63) is 81.3 Å². The molecule has 2 atom stereocenters. The van der Waals surface area contributed by atoms with Crippen molar-refractivity contribution in [3.63, 3.8) is 0 Å². The fraction of sp³-hybridized carbons (Fsp3) is 0.487. The maximum Gasteiger partial charge on any atom is 0.452 e. The van der Waals surface area contributed by atoms with Gasteiger partial charge in [0.15, 0.2) is 0 Å². The summed E-state index contributed by atoms with van der Waals surface area (Å²) in [4.78, 5) is 31.0. The number of hydrogen-bond donors (Lipinski definition) is 0. The number of alkyl halides is 6. The van der Waals surface area contributed by atoms with Gasteiger partial charge in [0, 0.05) is 49.1 Å². The molecule has 4 aromatic heterocycles. The molecule has 0 unspecified atom stereocenters. The van der Waals surface area contributed by atoms with Crippen LogP contribution in [0, 0.1) is 25.7 Å². The van der Waals surface area contributed by atoms with E-state index >= 15 is 0 Å². The lowest BCUT2D eigenvalue weighted by atomic mass is 9.96. The van der Waals surface area contributed by atoms with Gasteiger partial charge < -0.3 is 28.3 Å². The minimum Gasteiger partial charge on any atom is -0.498 e. The number of amides is 2. The van der Waals surface area contributed by atoms with Crippen molar-refractivity contribution in [2.45, 2.75) is 73.2 Å². The molecule has 18 heteroatoms. The largest absolute Gasteiger partial charge is 0.498 e. The van der Waals surface area contributed by atoms with Crippen molar-refractivity contribution in [1.29, 1.82) is 0 Å². The highest BCUT2D eigenvalue weighted by Gasteiger charge is 2.40. The molecule has 0 bridgehead atoms. The van der Waals surface area contributed by atoms with E-state index < -0.39 is 23.9 Å². The third kappa shape index (κ3) is 10.5. The summed E-state index contributed by atoms with van der Waals surface area (Å²) in [5.41, 5.74) is 0.0500. The minimum absolute atomic E-state index is 0. The highest BCUT2D eigenvalue weighted by atomic mass is 32.1. The van der Waals surface area contributed by atoms with E-state index in [0.717, 1.165) is 48.4 Å². The second-order valence-corrected chi connectivity index (χ2v) is 15.4. The predicted octanol–water partition coefficient (Wildman–Crippen LogP) is 10.9. The lowest BCUT2D eigenvalue weighted by Crippen LogP contribution is -2.40. The first-order chi connectivity index (χ1) is 26.4. The van der Waals surface area contributed by atoms with E-state index in [-0.39, 0.29) is 53.6 Å². The molecule has 2 amide bonds. The van der Waals surface area contributed by atoms with Crippen molar-refractivity contribution in [1.82, 2.24) is 20.1 Å². The monoisotopic (exact) mass is 844 g/mol. The Labute approximate surface area is 335 Å². The van der Waals surface area contributed by atoms with Crippen molar-refractivity contribution < 1.29 is 54.5 Å². The van der Waals surface area contributed by atoms with Crippen LogP contribution in [0.15, 0.2) is 58.0 Å². The van der Waals surface area contributed by atoms with Gasteiger partial charge in [-0.05, 0) is 77.6 Å². The Bertz CT molecular complexity index is 1890. The van der Waals surface area contributed by atoms with Crippen LogP contribution >= 0.6 is 22.7 Å². The molecule has 0 aliphatic carbocycles. The van der Waals surface area contributed by atoms with Crippen LogP contribution in [0.25, 0.3) is 21.1 Å². The summed E-state index contributed by atoms with van der Waals surface area (Å²) in [7, 11) is 0. The quantitative estimate of drug-likeness (QED) is 0.115. The molecule has 57 heavy (non-hydrogen) atoms. The summed E-state index contributed by atoms with van der Waals surface area (Å²) in [5.74, 6) is -0.984. The lowest BCUT2D eigenvalue weighted by molar-refractivity contribution is -0.156. The minimum atomic E-state index is -4.60. The number of aromatic nitrogens is 2. The summed E-state index contributed by atoms with van der Waals surface area (Å²) in [6.45, 7) is 17.7. The number of carbonyl (C=O) groups is 2. The molecule has 4 aromatic rings. The first-order valence-electron chi connectivity index (χ1n) is 17.9. The van der Waals surface area contributed by atoms with Crippen molar-refractivity contribution in [3.8, 4) is 21.1 Å². The Balaban J connectivity index is 0.000000248. The third-order valence-corrected chi connectivity index (χ3v) is 11.6. The van der Waals surface area contributed by atoms with Gasteiger partial charge in [-0.2, -0.15) is 26.3 Å². The number of likely N-dealkylation sites (tertiary alicyclic amines) is 2. The number of ether oxygens (including phenoxy) is 2. The fourth-order valence-electron chi connectivity index (χ4n) is 6.59. The lowest BCUT2D eigenvalue weighted by Gasteiger charge is -2.33. The summed E-state index contributed by atoms with van der Waals surface area (Å²) in [6.07, 6.45) is -5.68. The summed E-state index contributed by atoms with van der Waals surface area (Å²) in [5, 5.41) is 7.11. The maximum absolute atomic E-state index is 12.9. The van der Waals surface area contributed by atoms with Crippen LogP contribution in [0.2, 0.25) is 0 Å². The normalized spacial score (nSPS) is 17.3. The highest BCUT2D eigenvalue weighted by molar-refractivity contribution is 7.17. The van der Waals surface area contributed by atoms with Gasteiger partial charge in [0.1, 0.15) is 11.4 Å². The van der Waals surface area contributed by atoms with Crippen LogP contribution in [-0.4, -0.2) is 71.3 Å². The Kier molecular flexibility index (Phi) is 14.9. The molecular weight excluding hydrogens is 799 g/mol. The number of nitrogens with zero attached hydrogens (tertiary/aromatic N) is 4. The molecule has 2 aliphatic heterocycles. The first-order valence-corrected chi connectivity index (χ1v) is 19.6. The Morgan fingerprint density at radius 1 is 0.737 bits per heavy atom. The highest BCUT2D eigenvalue weighted by Crippen LogP contribution is 2.40. The number of halogens is 6. The van der Waals surface area contributed by atoms with Crippen LogP contribution < -0.4 is 0 Å². The van der Waals surface area contributed by atoms with E-state index in [1.165, 1.54) is 13.8 Å². The van der Waals surface area contributed by atoms with Crippen LogP contribution in [0.3, 0.4) is 0 Å². The van der Waals surface area contributed by atoms with Gasteiger partial charge in [0.05, 0.1) is 44.2 Å². The van der Waals surface area contributed by atoms with Crippen LogP contribution in [0.4, 0.5) is 26.3 Å². The zero-order valence-corrected chi connectivity index (χ0v) is 32.9. The predicted molar refractivity (Wildman–Crippen MR) is 205 cm³/mol. The fourth-order valence-corrected chi connectivity index (χ4v) is 8.61. The Morgan fingerprint density at radius 2 is 1.11 bits per heavy atom. The molecule has 0 spiro atoms. The topological polar surface area (TPSA) is 111 Å². The zero-order valence-electron chi connectivity index (χ0n) is 31.3. The van der Waals surface area contributed by atoms with Crippen LogP contribution in [-0.2, 0) is 21.8 Å². The standard InChI is InChI=1S/2C19H21F3N2O3S.CH4/c2*1-4-26-12(3)13-6-5-9-24(10-13)18(25)15-8-7-14(28-15)16-11(2)17(27-23-16)19(20,21)22;/h2*7-8,13H,3-6,9-10H2,1-2H3;1H4/t2*13-;/m10./s1. The molecular formula is C39H46F6N4O6S2. The second-order valence-electron chi connectivity index (χ2n) is 13.3. The number of piperidine rings is 2. The van der Waals surface area contributed by atoms with Gasteiger partial charge in [-0.3, -0.25) is 9.59 Å². The van der Waals surface area contributed by atoms with Crippen molar-refractivity contribution >= 4 is 34.5 Å². The summed E-state index contributed by atoms with van der Waals surface area (Å²) >= 11 is 2.22. The molecule has 6 rings (SSSR count). The average molecular weight is 845 g/mol. The molecule has 2 saturated heterocycles. The van der Waals surface area contributed by atoms with Gasteiger partial charge in [-0.1, -0.05) is 30.9 Å². The van der Waals surface area contributed by atoms with E-state index in [0.29, 0.717) is 70.4 Å². The number of thiophene rings is 2. The molecule has 6 heterocycles. The first kappa shape index (κ1) is 45.1. The van der Waals surface area contributed by atoms with E-state index in [4.69, 9.17) is 9.47 Å². The molecule has 10 nitrogen and oxygen atoms in total. The number of hydrogen-bond acceptors (Lipinski definition) is 10. The van der Waals surface area contributed by atoms with Crippen molar-refractivity contribution in [2.24, 2.45) is 11.8 Å². The summed E-state index contributed by atoms with van der Waals surface area (Å²) in [6, 6.07) is 6.43. The van der Waals surface area contributed by atoms with Gasteiger partial charge in [0.2, 0.25) is 11.5 Å². The van der Waals surface area contributed by atoms with Crippen LogP contribution in [0.5, 0.6) is 0 Å². The molecule has 0 saturated carbocycles. The third-order valence-electron chi connectivity index (χ3n) is 9.45. The number of carbonyl (C=O) groups excluding carboxylic acids is 2. The van der Waals surface area contributed by atoms with Gasteiger partial charge in [-0.25, -0.2) is 0 Å². The van der Waals surface area contributed by atoms with E-state index in [1.807, 2.05) is 13.8 Å². The van der Waals surface area contributed by atoms with E-state index in [1.54, 1.807) is 34.1 Å². The van der Waals surface area contributed by atoms with Gasteiger partial charge in [0.25, 0.3) is 11.8 Å². The molecule has 0 radical (unpaired) electrons. The smallest absolute Gasteiger partial charge is 0.452 e. The van der Waals surface area contributed by atoms with Gasteiger partial charge in [-0.15, -0.1) is 22.7 Å². The molecule has 2 aliphatic rings. The van der Waals surface area contributed by atoms with Crippen molar-refractivity contribution in [2.75, 3.05) is 39.4 Å². The Morgan fingerprint density at radius 3 is 1.42 bits per heavy atom. The molecule has 312 valence electrons. The SMILES string of the molecule is C.C=C(OCC)[C@@H]1CCCN(C(=O)c2ccc(-c3noc(C(F)(F)F)c3C)s2)C1.C=C(OCC)[C@H]1CCCN(C(=O)c2ccc(-c3noc(C(F)(F)F)c3C)s2)C1. The molecule has 2 fully saturated rings. The maximum atomic E-state index is 12.9. The average Bonchev–Trinajstić information content (AvgIpc) is 3.98. The second kappa shape index (κ2) is 18.8. The van der Waals surface area contributed by atoms with Gasteiger partial charge >= 0.3 is 12.4 Å². The van der Waals surface area contributed by atoms with E-state index in [9.17, 15) is 35.9 Å². The molecule has 0 aromatic carbocycles. The zero-order chi connectivity index (χ0) is 40.9. The van der Waals surface area contributed by atoms with E-state index in [2.05, 4.69) is 32.5 Å². The molecule has 0 N–H and O–H groups in total. The number of rotatable bonds is 10. The summed E-state index contributed by atoms with van der Waals surface area (Å²) < 4.78 is 97.3. The Hall–Kier alpha value is -4.58.